The highest BCUT2D eigenvalue weighted by Gasteiger charge is 2.32. The lowest BCUT2D eigenvalue weighted by molar-refractivity contribution is -0.162. The number of carbonyl (C=O) groups excluding carboxylic acids is 4. The average molecular weight is 851 g/mol. The number of carbonyl (C=O) groups is 4. The first-order chi connectivity index (χ1) is 29.0. The maximum absolute atomic E-state index is 13.0. The molecule has 0 aromatic rings. The van der Waals surface area contributed by atoms with E-state index < -0.39 is 17.7 Å². The van der Waals surface area contributed by atoms with E-state index in [0.29, 0.717) is 25.3 Å². The van der Waals surface area contributed by atoms with Gasteiger partial charge in [-0.05, 0) is 84.6 Å². The lowest BCUT2D eigenvalue weighted by Crippen LogP contribution is -2.37. The number of alkyl carbamates (subject to hydrolysis) is 1. The fourth-order valence-electron chi connectivity index (χ4n) is 7.80. The van der Waals surface area contributed by atoms with Crippen molar-refractivity contribution in [2.24, 2.45) is 5.92 Å². The predicted octanol–water partition coefficient (Wildman–Crippen LogP) is 13.0. The number of unbranched alkanes of at least 4 members (excludes halogenated alkanes) is 20. The van der Waals surface area contributed by atoms with Gasteiger partial charge in [0.15, 0.2) is 0 Å². The summed E-state index contributed by atoms with van der Waals surface area (Å²) in [6, 6.07) is 0. The number of hydrogen-bond donors (Lipinski definition) is 2. The zero-order valence-electron chi connectivity index (χ0n) is 39.8. The van der Waals surface area contributed by atoms with Gasteiger partial charge in [0, 0.05) is 25.5 Å². The molecule has 0 aliphatic carbocycles. The van der Waals surface area contributed by atoms with Crippen molar-refractivity contribution in [3.05, 3.63) is 12.7 Å². The molecule has 0 spiro atoms. The van der Waals surface area contributed by atoms with Crippen LogP contribution in [0.2, 0.25) is 0 Å². The van der Waals surface area contributed by atoms with E-state index >= 15 is 0 Å². The van der Waals surface area contributed by atoms with Gasteiger partial charge in [0.25, 0.3) is 0 Å². The van der Waals surface area contributed by atoms with Crippen LogP contribution in [0.3, 0.4) is 0 Å². The molecule has 0 aromatic carbocycles. The summed E-state index contributed by atoms with van der Waals surface area (Å²) in [5.74, 6) is -0.248. The van der Waals surface area contributed by atoms with Crippen LogP contribution in [0.4, 0.5) is 4.79 Å². The van der Waals surface area contributed by atoms with E-state index in [0.717, 1.165) is 103 Å². The number of ether oxygens (including phenoxy) is 4. The van der Waals surface area contributed by atoms with Crippen LogP contribution in [0.15, 0.2) is 12.7 Å². The highest BCUT2D eigenvalue weighted by molar-refractivity contribution is 5.81. The van der Waals surface area contributed by atoms with E-state index in [1.165, 1.54) is 89.9 Å². The summed E-state index contributed by atoms with van der Waals surface area (Å²) in [7, 11) is 0. The Morgan fingerprint density at radius 3 is 1.53 bits per heavy atom. The third-order valence-electron chi connectivity index (χ3n) is 11.6. The van der Waals surface area contributed by atoms with Gasteiger partial charge < -0.3 is 29.6 Å². The molecule has 1 amide bonds. The van der Waals surface area contributed by atoms with Crippen molar-refractivity contribution in [1.29, 1.82) is 0 Å². The first-order valence-electron chi connectivity index (χ1n) is 24.8. The van der Waals surface area contributed by atoms with Gasteiger partial charge in [-0.25, -0.2) is 9.59 Å². The zero-order chi connectivity index (χ0) is 44.5. The molecule has 3 unspecified atom stereocenters. The molecule has 0 aliphatic heterocycles. The number of amides is 1. The van der Waals surface area contributed by atoms with Gasteiger partial charge in [-0.2, -0.15) is 0 Å². The van der Waals surface area contributed by atoms with Crippen LogP contribution in [0.25, 0.3) is 0 Å². The third kappa shape index (κ3) is 36.1. The van der Waals surface area contributed by atoms with Crippen LogP contribution in [-0.4, -0.2) is 68.1 Å². The molecule has 3 atom stereocenters. The molecule has 352 valence electrons. The maximum atomic E-state index is 13.0. The normalized spacial score (nSPS) is 13.0. The van der Waals surface area contributed by atoms with Crippen LogP contribution in [-0.2, 0) is 33.3 Å². The number of nitrogens with one attached hydrogen (secondary N) is 2. The van der Waals surface area contributed by atoms with Crippen molar-refractivity contribution in [1.82, 2.24) is 10.6 Å². The van der Waals surface area contributed by atoms with Crippen molar-refractivity contribution in [2.45, 2.75) is 252 Å². The molecule has 0 aliphatic rings. The molecule has 0 saturated carbocycles. The molecule has 0 fully saturated rings. The van der Waals surface area contributed by atoms with Crippen LogP contribution in [0, 0.1) is 5.92 Å². The Balaban J connectivity index is 4.33. The topological polar surface area (TPSA) is 129 Å². The smallest absolute Gasteiger partial charge is 0.407 e. The molecule has 0 bridgehead atoms. The predicted molar refractivity (Wildman–Crippen MR) is 247 cm³/mol. The Kier molecular flexibility index (Phi) is 38.7. The lowest BCUT2D eigenvalue weighted by atomic mass is 9.82. The van der Waals surface area contributed by atoms with E-state index in [1.54, 1.807) is 0 Å². The highest BCUT2D eigenvalue weighted by Crippen LogP contribution is 2.32. The Morgan fingerprint density at radius 2 is 1.05 bits per heavy atom. The molecular formula is C50H94N2O8. The quantitative estimate of drug-likeness (QED) is 0.0266. The van der Waals surface area contributed by atoms with Crippen molar-refractivity contribution >= 4 is 24.0 Å². The van der Waals surface area contributed by atoms with Crippen molar-refractivity contribution in [2.75, 3.05) is 26.2 Å². The largest absolute Gasteiger partial charge is 0.461 e. The summed E-state index contributed by atoms with van der Waals surface area (Å²) in [5, 5.41) is 5.89. The second kappa shape index (κ2) is 40.5. The molecule has 0 saturated heterocycles. The van der Waals surface area contributed by atoms with Crippen LogP contribution >= 0.6 is 0 Å². The summed E-state index contributed by atoms with van der Waals surface area (Å²) in [6.45, 7) is 18.0. The van der Waals surface area contributed by atoms with Gasteiger partial charge in [0.2, 0.25) is 0 Å². The second-order valence-electron chi connectivity index (χ2n) is 17.6. The SMILES string of the molecule is C=CC(=O)OCCNC(=O)OC(CCCCCC)CCCCCCCCCCC(=O)OC(C)(C)C(CCCCCC)CCCCCCCCCCC(=O)OC(C)CNCC. The standard InChI is InChI=1S/C50H94N2O8/c1-8-12-14-28-34-44(35-29-24-20-16-18-22-26-32-38-47(54)58-43(5)42-51-11-4)50(6,7)60-48(55)39-33-27-23-19-17-21-25-31-37-45(36-30-15-13-9-2)59-49(56)52-40-41-57-46(53)10-3/h10,43-45,51H,3,8-9,11-42H2,1-2,4-7H3,(H,52,56). The van der Waals surface area contributed by atoms with Crippen molar-refractivity contribution in [3.8, 4) is 0 Å². The van der Waals surface area contributed by atoms with E-state index in [2.05, 4.69) is 44.9 Å². The van der Waals surface area contributed by atoms with Gasteiger partial charge in [-0.3, -0.25) is 9.59 Å². The lowest BCUT2D eigenvalue weighted by Gasteiger charge is -2.34. The Bertz CT molecular complexity index is 1070. The fourth-order valence-corrected chi connectivity index (χ4v) is 7.80. The van der Waals surface area contributed by atoms with Crippen LogP contribution < -0.4 is 10.6 Å². The van der Waals surface area contributed by atoms with E-state index in [-0.39, 0.29) is 37.3 Å². The van der Waals surface area contributed by atoms with Gasteiger partial charge in [0.1, 0.15) is 24.4 Å². The van der Waals surface area contributed by atoms with Crippen molar-refractivity contribution in [3.63, 3.8) is 0 Å². The fraction of sp³-hybridized carbons (Fsp3) is 0.880. The average Bonchev–Trinajstić information content (AvgIpc) is 3.21. The van der Waals surface area contributed by atoms with Crippen LogP contribution in [0.1, 0.15) is 234 Å². The van der Waals surface area contributed by atoms with Crippen LogP contribution in [0.5, 0.6) is 0 Å². The third-order valence-corrected chi connectivity index (χ3v) is 11.6. The Hall–Kier alpha value is -2.62. The summed E-state index contributed by atoms with van der Waals surface area (Å²) in [5.41, 5.74) is -0.444. The van der Waals surface area contributed by atoms with Gasteiger partial charge in [0.05, 0.1) is 6.54 Å². The summed E-state index contributed by atoms with van der Waals surface area (Å²) in [6.07, 6.45) is 32.9. The molecule has 60 heavy (non-hydrogen) atoms. The molecule has 0 rings (SSSR count). The van der Waals surface area contributed by atoms with E-state index in [4.69, 9.17) is 18.9 Å². The first kappa shape index (κ1) is 57.4. The Morgan fingerprint density at radius 1 is 0.600 bits per heavy atom. The summed E-state index contributed by atoms with van der Waals surface area (Å²) in [4.78, 5) is 48.5. The molecule has 0 aromatic heterocycles. The van der Waals surface area contributed by atoms with Gasteiger partial charge in [-0.1, -0.05) is 156 Å². The number of hydrogen-bond acceptors (Lipinski definition) is 9. The molecule has 2 N–H and O–H groups in total. The molecule has 10 nitrogen and oxygen atoms in total. The highest BCUT2D eigenvalue weighted by atomic mass is 16.6. The Labute approximate surface area is 368 Å². The minimum Gasteiger partial charge on any atom is -0.461 e. The number of likely N-dealkylation sites (N-methyl/N-ethyl adjacent to an activating group) is 1. The number of rotatable bonds is 43. The monoisotopic (exact) mass is 851 g/mol. The molecule has 10 heteroatoms. The minimum absolute atomic E-state index is 0.0499. The van der Waals surface area contributed by atoms with Gasteiger partial charge in [-0.15, -0.1) is 0 Å². The van der Waals surface area contributed by atoms with Crippen molar-refractivity contribution < 1.29 is 38.1 Å². The molecular weight excluding hydrogens is 757 g/mol. The molecule has 0 heterocycles. The number of esters is 3. The summed E-state index contributed by atoms with van der Waals surface area (Å²) >= 11 is 0. The van der Waals surface area contributed by atoms with E-state index in [1.807, 2.05) is 13.8 Å². The minimum atomic E-state index is -0.507. The summed E-state index contributed by atoms with van der Waals surface area (Å²) < 4.78 is 22.3. The first-order valence-corrected chi connectivity index (χ1v) is 24.8. The maximum Gasteiger partial charge on any atom is 0.407 e. The molecule has 0 radical (unpaired) electrons. The van der Waals surface area contributed by atoms with E-state index in [9.17, 15) is 19.2 Å². The van der Waals surface area contributed by atoms with Gasteiger partial charge >= 0.3 is 24.0 Å². The second-order valence-corrected chi connectivity index (χ2v) is 17.6. The zero-order valence-corrected chi connectivity index (χ0v) is 39.8.